The number of hydrogen-bond donors (Lipinski definition) is 0. The fourth-order valence-electron chi connectivity index (χ4n) is 3.25. The Hall–Kier alpha value is -2.51. The number of ether oxygens (including phenoxy) is 2. The van der Waals surface area contributed by atoms with Gasteiger partial charge in [0.1, 0.15) is 11.5 Å². The molecule has 32 heavy (non-hydrogen) atoms. The van der Waals surface area contributed by atoms with E-state index in [1.165, 1.54) is 23.5 Å². The van der Waals surface area contributed by atoms with Gasteiger partial charge in [-0.25, -0.2) is 0 Å². The van der Waals surface area contributed by atoms with E-state index >= 15 is 0 Å². The first-order valence-corrected chi connectivity index (χ1v) is 12.0. The van der Waals surface area contributed by atoms with Crippen LogP contribution >= 0.6 is 27.3 Å². The van der Waals surface area contributed by atoms with E-state index in [1.807, 2.05) is 43.3 Å². The minimum absolute atomic E-state index is 0.623. The smallest absolute Gasteiger partial charge is 0.416 e. The van der Waals surface area contributed by atoms with Gasteiger partial charge in [0.15, 0.2) is 5.75 Å². The lowest BCUT2D eigenvalue weighted by atomic mass is 10.1. The molecule has 0 radical (unpaired) electrons. The van der Waals surface area contributed by atoms with E-state index in [1.54, 1.807) is 0 Å². The minimum atomic E-state index is -4.37. The van der Waals surface area contributed by atoms with Crippen molar-refractivity contribution in [3.8, 4) is 27.7 Å². The summed E-state index contributed by atoms with van der Waals surface area (Å²) in [7, 11) is 0. The van der Waals surface area contributed by atoms with Crippen LogP contribution in [0.2, 0.25) is 0 Å². The highest BCUT2D eigenvalue weighted by Gasteiger charge is 2.30. The Balaban J connectivity index is 1.69. The highest BCUT2D eigenvalue weighted by molar-refractivity contribution is 9.09. The molecule has 0 bridgehead atoms. The average molecular weight is 521 g/mol. The van der Waals surface area contributed by atoms with Crippen LogP contribution in [0.4, 0.5) is 13.2 Å². The summed E-state index contributed by atoms with van der Waals surface area (Å²) in [6.07, 6.45) is -3.46. The molecule has 4 aromatic rings. The van der Waals surface area contributed by atoms with Gasteiger partial charge in [0.2, 0.25) is 0 Å². The van der Waals surface area contributed by atoms with E-state index in [2.05, 4.69) is 22.0 Å². The normalized spacial score (nSPS) is 11.7. The average Bonchev–Trinajstić information content (AvgIpc) is 3.12. The monoisotopic (exact) mass is 520 g/mol. The summed E-state index contributed by atoms with van der Waals surface area (Å²) in [6.45, 7) is 2.63. The van der Waals surface area contributed by atoms with Crippen molar-refractivity contribution in [2.75, 3.05) is 11.9 Å². The highest BCUT2D eigenvalue weighted by atomic mass is 79.9. The van der Waals surface area contributed by atoms with Crippen molar-refractivity contribution in [3.63, 3.8) is 0 Å². The van der Waals surface area contributed by atoms with Gasteiger partial charge in [0.05, 0.1) is 17.0 Å². The summed E-state index contributed by atoms with van der Waals surface area (Å²) >= 11 is 4.88. The second-order valence-electron chi connectivity index (χ2n) is 7.30. The van der Waals surface area contributed by atoms with Crippen LogP contribution in [0.3, 0.4) is 0 Å². The molecule has 0 unspecified atom stereocenters. The molecule has 0 aliphatic rings. The SMILES string of the molecule is Cc1ccc2c(Oc3ccc(OCCCBr)cc3)c(-c3ccc(C(F)(F)F)cc3)sc2c1. The van der Waals surface area contributed by atoms with Gasteiger partial charge in [0.25, 0.3) is 0 Å². The Bertz CT molecular complexity index is 1200. The number of thiophene rings is 1. The number of halogens is 4. The third kappa shape index (κ3) is 5.10. The molecule has 1 heterocycles. The molecule has 0 saturated carbocycles. The topological polar surface area (TPSA) is 18.5 Å². The molecule has 1 aromatic heterocycles. The van der Waals surface area contributed by atoms with Crippen LogP contribution in [0.5, 0.6) is 17.2 Å². The molecule has 4 rings (SSSR count). The summed E-state index contributed by atoms with van der Waals surface area (Å²) in [5.41, 5.74) is 1.12. The van der Waals surface area contributed by atoms with Crippen molar-refractivity contribution < 1.29 is 22.6 Å². The number of aryl methyl sites for hydroxylation is 1. The van der Waals surface area contributed by atoms with E-state index in [-0.39, 0.29) is 0 Å². The molecule has 0 amide bonds. The van der Waals surface area contributed by atoms with Crippen LogP contribution < -0.4 is 9.47 Å². The maximum atomic E-state index is 13.0. The van der Waals surface area contributed by atoms with E-state index in [4.69, 9.17) is 9.47 Å². The van der Waals surface area contributed by atoms with Crippen molar-refractivity contribution in [3.05, 3.63) is 77.9 Å². The summed E-state index contributed by atoms with van der Waals surface area (Å²) in [5, 5.41) is 1.80. The molecular formula is C25H20BrF3O2S. The number of hydrogen-bond acceptors (Lipinski definition) is 3. The van der Waals surface area contributed by atoms with Gasteiger partial charge in [-0.05, 0) is 73.0 Å². The van der Waals surface area contributed by atoms with E-state index in [9.17, 15) is 13.2 Å². The third-order valence-corrected chi connectivity index (χ3v) is 6.61. The number of fused-ring (bicyclic) bond motifs is 1. The fourth-order valence-corrected chi connectivity index (χ4v) is 4.71. The number of benzene rings is 3. The summed E-state index contributed by atoms with van der Waals surface area (Å²) < 4.78 is 51.9. The van der Waals surface area contributed by atoms with Crippen molar-refractivity contribution in [2.24, 2.45) is 0 Å². The number of alkyl halides is 4. The third-order valence-electron chi connectivity index (χ3n) is 4.86. The summed E-state index contributed by atoms with van der Waals surface area (Å²) in [6, 6.07) is 18.6. The molecule has 0 aliphatic carbocycles. The Kier molecular flexibility index (Phi) is 6.76. The van der Waals surface area contributed by atoms with Crippen LogP contribution in [0.1, 0.15) is 17.5 Å². The van der Waals surface area contributed by atoms with E-state index in [0.717, 1.165) is 50.2 Å². The largest absolute Gasteiger partial charge is 0.494 e. The Morgan fingerprint density at radius 3 is 2.25 bits per heavy atom. The van der Waals surface area contributed by atoms with Crippen LogP contribution in [-0.2, 0) is 6.18 Å². The van der Waals surface area contributed by atoms with Crippen LogP contribution in [0.15, 0.2) is 66.7 Å². The number of rotatable bonds is 7. The highest BCUT2D eigenvalue weighted by Crippen LogP contribution is 2.47. The van der Waals surface area contributed by atoms with E-state index in [0.29, 0.717) is 23.7 Å². The van der Waals surface area contributed by atoms with Gasteiger partial charge in [-0.15, -0.1) is 11.3 Å². The van der Waals surface area contributed by atoms with Gasteiger partial charge in [-0.3, -0.25) is 0 Å². The van der Waals surface area contributed by atoms with E-state index < -0.39 is 11.7 Å². The zero-order chi connectivity index (χ0) is 22.7. The van der Waals surface area contributed by atoms with Gasteiger partial charge in [-0.2, -0.15) is 13.2 Å². The summed E-state index contributed by atoms with van der Waals surface area (Å²) in [5.74, 6) is 2.02. The molecule has 0 aliphatic heterocycles. The molecule has 0 fully saturated rings. The first kappa shape index (κ1) is 22.7. The van der Waals surface area contributed by atoms with Gasteiger partial charge in [0, 0.05) is 15.4 Å². The first-order chi connectivity index (χ1) is 15.3. The Morgan fingerprint density at radius 1 is 0.906 bits per heavy atom. The Labute approximate surface area is 196 Å². The summed E-state index contributed by atoms with van der Waals surface area (Å²) in [4.78, 5) is 0.789. The lowest BCUT2D eigenvalue weighted by Gasteiger charge is -2.11. The second-order valence-corrected chi connectivity index (χ2v) is 9.14. The lowest BCUT2D eigenvalue weighted by Crippen LogP contribution is -2.03. The maximum Gasteiger partial charge on any atom is 0.416 e. The molecule has 3 aromatic carbocycles. The van der Waals surface area contributed by atoms with Gasteiger partial charge in [-0.1, -0.05) is 34.1 Å². The predicted octanol–water partition coefficient (Wildman–Crippen LogP) is 8.85. The molecule has 166 valence electrons. The first-order valence-electron chi connectivity index (χ1n) is 10.0. The van der Waals surface area contributed by atoms with Crippen molar-refractivity contribution in [2.45, 2.75) is 19.5 Å². The maximum absolute atomic E-state index is 13.0. The van der Waals surface area contributed by atoms with Gasteiger partial charge >= 0.3 is 6.18 Å². The second kappa shape index (κ2) is 9.55. The quantitative estimate of drug-likeness (QED) is 0.179. The molecule has 2 nitrogen and oxygen atoms in total. The lowest BCUT2D eigenvalue weighted by molar-refractivity contribution is -0.137. The zero-order valence-electron chi connectivity index (χ0n) is 17.2. The van der Waals surface area contributed by atoms with Crippen molar-refractivity contribution in [1.29, 1.82) is 0 Å². The van der Waals surface area contributed by atoms with Crippen LogP contribution in [0.25, 0.3) is 20.5 Å². The molecule has 0 atom stereocenters. The molecule has 0 spiro atoms. The molecular weight excluding hydrogens is 501 g/mol. The molecule has 0 N–H and O–H groups in total. The fraction of sp³-hybridized carbons (Fsp3) is 0.200. The van der Waals surface area contributed by atoms with Gasteiger partial charge < -0.3 is 9.47 Å². The predicted molar refractivity (Wildman–Crippen MR) is 127 cm³/mol. The minimum Gasteiger partial charge on any atom is -0.494 e. The molecule has 7 heteroatoms. The van der Waals surface area contributed by atoms with Crippen molar-refractivity contribution >= 4 is 37.4 Å². The van der Waals surface area contributed by atoms with Crippen LogP contribution in [0, 0.1) is 6.92 Å². The van der Waals surface area contributed by atoms with Crippen molar-refractivity contribution in [1.82, 2.24) is 0 Å². The Morgan fingerprint density at radius 2 is 1.59 bits per heavy atom. The standard InChI is InChI=1S/C25H20BrF3O2S/c1-16-3-12-21-22(15-16)32-24(17-4-6-18(7-5-17)25(27,28)29)23(21)31-20-10-8-19(9-11-20)30-14-2-13-26/h3-12,15H,2,13-14H2,1H3. The molecule has 0 saturated heterocycles. The van der Waals surface area contributed by atoms with Crippen LogP contribution in [-0.4, -0.2) is 11.9 Å². The zero-order valence-corrected chi connectivity index (χ0v) is 19.6.